The van der Waals surface area contributed by atoms with Crippen molar-refractivity contribution in [2.24, 2.45) is 0 Å². The predicted octanol–water partition coefficient (Wildman–Crippen LogP) is 1.25. The Labute approximate surface area is 155 Å². The first kappa shape index (κ1) is 18.8. The van der Waals surface area contributed by atoms with Crippen molar-refractivity contribution in [2.75, 3.05) is 77.6 Å². The predicted molar refractivity (Wildman–Crippen MR) is 102 cm³/mol. The van der Waals surface area contributed by atoms with Crippen LogP contribution in [0.1, 0.15) is 6.42 Å². The lowest BCUT2D eigenvalue weighted by molar-refractivity contribution is 0.0532. The zero-order chi connectivity index (χ0) is 18.2. The van der Waals surface area contributed by atoms with Gasteiger partial charge in [-0.1, -0.05) is 12.1 Å². The highest BCUT2D eigenvalue weighted by atomic mass is 16.5. The van der Waals surface area contributed by atoms with Gasteiger partial charge in [-0.05, 0) is 25.1 Å². The molecule has 0 spiro atoms. The summed E-state index contributed by atoms with van der Waals surface area (Å²) in [6.45, 7) is 8.49. The number of carbonyl (C=O) groups excluding carboxylic acids is 1. The summed E-state index contributed by atoms with van der Waals surface area (Å²) < 4.78 is 10.7. The Balaban J connectivity index is 1.33. The first-order valence-corrected chi connectivity index (χ1v) is 9.49. The summed E-state index contributed by atoms with van der Waals surface area (Å²) in [7, 11) is 1.72. The second-order valence-electron chi connectivity index (χ2n) is 6.69. The monoisotopic (exact) mass is 362 g/mol. The number of methoxy groups -OCH3 is 1. The maximum atomic E-state index is 12.0. The van der Waals surface area contributed by atoms with Crippen molar-refractivity contribution in [1.82, 2.24) is 15.1 Å². The van der Waals surface area contributed by atoms with Crippen LogP contribution in [0.15, 0.2) is 24.3 Å². The zero-order valence-corrected chi connectivity index (χ0v) is 15.7. The quantitative estimate of drug-likeness (QED) is 0.772. The smallest absolute Gasteiger partial charge is 0.317 e. The van der Waals surface area contributed by atoms with Gasteiger partial charge < -0.3 is 24.6 Å². The lowest BCUT2D eigenvalue weighted by Gasteiger charge is -2.36. The summed E-state index contributed by atoms with van der Waals surface area (Å²) in [5.74, 6) is 0.937. The standard InChI is InChI=1S/C19H30N4O3/c1-25-18-6-3-2-5-17(18)22-11-9-21(10-12-22)8-4-7-20-19(24)23-13-15-26-16-14-23/h2-3,5-6H,4,7-16H2,1H3,(H,20,24). The number of para-hydroxylation sites is 2. The molecule has 0 unspecified atom stereocenters. The lowest BCUT2D eigenvalue weighted by Crippen LogP contribution is -2.48. The third-order valence-corrected chi connectivity index (χ3v) is 5.02. The van der Waals surface area contributed by atoms with Gasteiger partial charge in [-0.25, -0.2) is 4.79 Å². The van der Waals surface area contributed by atoms with E-state index in [1.165, 1.54) is 5.69 Å². The van der Waals surface area contributed by atoms with E-state index in [0.29, 0.717) is 26.3 Å². The molecular formula is C19H30N4O3. The summed E-state index contributed by atoms with van der Waals surface area (Å²) in [5.41, 5.74) is 1.17. The molecule has 2 fully saturated rings. The minimum absolute atomic E-state index is 0.0364. The number of carbonyl (C=O) groups is 1. The van der Waals surface area contributed by atoms with E-state index >= 15 is 0 Å². The molecule has 2 amide bonds. The van der Waals surface area contributed by atoms with Gasteiger partial charge in [-0.3, -0.25) is 4.90 Å². The molecule has 2 heterocycles. The molecule has 7 heteroatoms. The van der Waals surface area contributed by atoms with E-state index in [1.807, 2.05) is 17.0 Å². The number of hydrogen-bond acceptors (Lipinski definition) is 5. The van der Waals surface area contributed by atoms with Gasteiger partial charge in [-0.15, -0.1) is 0 Å². The van der Waals surface area contributed by atoms with Crippen molar-refractivity contribution < 1.29 is 14.3 Å². The van der Waals surface area contributed by atoms with E-state index in [1.54, 1.807) is 7.11 Å². The summed E-state index contributed by atoms with van der Waals surface area (Å²) in [6.07, 6.45) is 0.977. The van der Waals surface area contributed by atoms with Gasteiger partial charge in [0.1, 0.15) is 5.75 Å². The Morgan fingerprint density at radius 3 is 2.58 bits per heavy atom. The first-order chi connectivity index (χ1) is 12.8. The van der Waals surface area contributed by atoms with Crippen molar-refractivity contribution >= 4 is 11.7 Å². The van der Waals surface area contributed by atoms with Crippen LogP contribution in [0.25, 0.3) is 0 Å². The Morgan fingerprint density at radius 1 is 1.12 bits per heavy atom. The fourth-order valence-electron chi connectivity index (χ4n) is 3.48. The minimum atomic E-state index is 0.0364. The van der Waals surface area contributed by atoms with Crippen LogP contribution in [-0.4, -0.2) is 88.5 Å². The summed E-state index contributed by atoms with van der Waals surface area (Å²) in [4.78, 5) is 18.7. The molecule has 1 N–H and O–H groups in total. The number of benzene rings is 1. The molecule has 0 aromatic heterocycles. The van der Waals surface area contributed by atoms with E-state index in [-0.39, 0.29) is 6.03 Å². The molecule has 26 heavy (non-hydrogen) atoms. The van der Waals surface area contributed by atoms with Crippen LogP contribution in [-0.2, 0) is 4.74 Å². The maximum absolute atomic E-state index is 12.0. The second-order valence-corrected chi connectivity index (χ2v) is 6.69. The molecule has 7 nitrogen and oxygen atoms in total. The summed E-state index contributed by atoms with van der Waals surface area (Å²) in [5, 5.41) is 3.02. The van der Waals surface area contributed by atoms with Crippen LogP contribution in [0, 0.1) is 0 Å². The van der Waals surface area contributed by atoms with Crippen molar-refractivity contribution in [2.45, 2.75) is 6.42 Å². The number of nitrogens with zero attached hydrogens (tertiary/aromatic N) is 3. The average Bonchev–Trinajstić information content (AvgIpc) is 2.72. The maximum Gasteiger partial charge on any atom is 0.317 e. The number of urea groups is 1. The molecule has 2 aliphatic heterocycles. The van der Waals surface area contributed by atoms with Crippen LogP contribution in [0.5, 0.6) is 5.75 Å². The Hall–Kier alpha value is -1.99. The van der Waals surface area contributed by atoms with Gasteiger partial charge in [-0.2, -0.15) is 0 Å². The molecule has 0 aliphatic carbocycles. The molecule has 0 saturated carbocycles. The van der Waals surface area contributed by atoms with Gasteiger partial charge >= 0.3 is 6.03 Å². The molecule has 1 aromatic carbocycles. The normalized spacial score (nSPS) is 18.7. The van der Waals surface area contributed by atoms with E-state index in [0.717, 1.165) is 51.4 Å². The van der Waals surface area contributed by atoms with Crippen LogP contribution < -0.4 is 15.0 Å². The highest BCUT2D eigenvalue weighted by Gasteiger charge is 2.19. The van der Waals surface area contributed by atoms with E-state index in [4.69, 9.17) is 9.47 Å². The van der Waals surface area contributed by atoms with Crippen molar-refractivity contribution in [3.05, 3.63) is 24.3 Å². The van der Waals surface area contributed by atoms with E-state index in [9.17, 15) is 4.79 Å². The number of amides is 2. The molecule has 2 saturated heterocycles. The highest BCUT2D eigenvalue weighted by molar-refractivity contribution is 5.74. The molecule has 0 radical (unpaired) electrons. The SMILES string of the molecule is COc1ccccc1N1CCN(CCCNC(=O)N2CCOCC2)CC1. The van der Waals surface area contributed by atoms with Crippen molar-refractivity contribution in [3.8, 4) is 5.75 Å². The molecule has 144 valence electrons. The third kappa shape index (κ3) is 5.02. The van der Waals surface area contributed by atoms with Crippen LogP contribution >= 0.6 is 0 Å². The highest BCUT2D eigenvalue weighted by Crippen LogP contribution is 2.28. The zero-order valence-electron chi connectivity index (χ0n) is 15.7. The first-order valence-electron chi connectivity index (χ1n) is 9.49. The molecule has 0 atom stereocenters. The summed E-state index contributed by atoms with van der Waals surface area (Å²) in [6, 6.07) is 8.23. The average molecular weight is 362 g/mol. The molecular weight excluding hydrogens is 332 g/mol. The molecule has 2 aliphatic rings. The number of nitrogens with one attached hydrogen (secondary N) is 1. The topological polar surface area (TPSA) is 57.3 Å². The lowest BCUT2D eigenvalue weighted by atomic mass is 10.2. The van der Waals surface area contributed by atoms with Crippen molar-refractivity contribution in [1.29, 1.82) is 0 Å². The van der Waals surface area contributed by atoms with Gasteiger partial charge in [0.25, 0.3) is 0 Å². The van der Waals surface area contributed by atoms with Gasteiger partial charge in [0.05, 0.1) is 26.0 Å². The number of morpholine rings is 1. The van der Waals surface area contributed by atoms with Gasteiger partial charge in [0.15, 0.2) is 0 Å². The fraction of sp³-hybridized carbons (Fsp3) is 0.632. The van der Waals surface area contributed by atoms with Gasteiger partial charge in [0.2, 0.25) is 0 Å². The molecule has 1 aromatic rings. The Bertz CT molecular complexity index is 570. The van der Waals surface area contributed by atoms with Crippen LogP contribution in [0.4, 0.5) is 10.5 Å². The number of rotatable bonds is 6. The fourth-order valence-corrected chi connectivity index (χ4v) is 3.48. The van der Waals surface area contributed by atoms with Gasteiger partial charge in [0, 0.05) is 45.8 Å². The van der Waals surface area contributed by atoms with E-state index in [2.05, 4.69) is 27.2 Å². The minimum Gasteiger partial charge on any atom is -0.495 e. The van der Waals surface area contributed by atoms with Crippen LogP contribution in [0.3, 0.4) is 0 Å². The molecule has 3 rings (SSSR count). The number of anilines is 1. The Kier molecular flexibility index (Phi) is 6.96. The third-order valence-electron chi connectivity index (χ3n) is 5.02. The van der Waals surface area contributed by atoms with Crippen LogP contribution in [0.2, 0.25) is 0 Å². The number of hydrogen-bond donors (Lipinski definition) is 1. The Morgan fingerprint density at radius 2 is 1.85 bits per heavy atom. The van der Waals surface area contributed by atoms with Crippen molar-refractivity contribution in [3.63, 3.8) is 0 Å². The second kappa shape index (κ2) is 9.64. The van der Waals surface area contributed by atoms with E-state index < -0.39 is 0 Å². The number of ether oxygens (including phenoxy) is 2. The summed E-state index contributed by atoms with van der Waals surface area (Å²) >= 11 is 0. The number of piperazine rings is 1. The largest absolute Gasteiger partial charge is 0.495 e. The molecule has 0 bridgehead atoms.